The molecule has 2 amide bonds. The number of amides is 2. The summed E-state index contributed by atoms with van der Waals surface area (Å²) >= 11 is 3.38. The smallest absolute Gasteiger partial charge is 0.442 e. The van der Waals surface area contributed by atoms with Crippen molar-refractivity contribution in [2.45, 2.75) is 79.1 Å². The SMILES string of the molecule is CON=C(C)C1(N(OC(=O)OC(C)(C)C)C(=O)OC(C)(C)C)C(=O)N(c2ccc(Br)cc2)N=C1C(C)C. The second kappa shape index (κ2) is 11.1. The standard InChI is InChI=1S/C25H35BrN4O7/c1-15(2)19-25(16(3)28-34-10,20(31)29(27-19)18-13-11-17(26)12-14-18)30(21(32)35-23(4,5)6)37-22(33)36-24(7,8)9/h11-15H,1-10H3. The molecule has 0 spiro atoms. The highest BCUT2D eigenvalue weighted by Crippen LogP contribution is 2.37. The average Bonchev–Trinajstić information content (AvgIpc) is 3.04. The van der Waals surface area contributed by atoms with Crippen LogP contribution in [-0.4, -0.2) is 58.5 Å². The molecule has 0 saturated carbocycles. The summed E-state index contributed by atoms with van der Waals surface area (Å²) < 4.78 is 11.6. The Kier molecular flexibility index (Phi) is 9.00. The quantitative estimate of drug-likeness (QED) is 0.249. The molecular formula is C25H35BrN4O7. The minimum Gasteiger partial charge on any atom is -0.442 e. The summed E-state index contributed by atoms with van der Waals surface area (Å²) in [7, 11) is 1.29. The van der Waals surface area contributed by atoms with E-state index in [4.69, 9.17) is 19.1 Å². The molecule has 204 valence electrons. The third-order valence-corrected chi connectivity index (χ3v) is 5.40. The van der Waals surface area contributed by atoms with Crippen LogP contribution in [0, 0.1) is 5.92 Å². The van der Waals surface area contributed by atoms with Crippen LogP contribution in [0.5, 0.6) is 0 Å². The van der Waals surface area contributed by atoms with Crippen LogP contribution in [0.1, 0.15) is 62.3 Å². The van der Waals surface area contributed by atoms with Gasteiger partial charge in [-0.15, -0.1) is 5.06 Å². The van der Waals surface area contributed by atoms with Gasteiger partial charge in [0.1, 0.15) is 18.3 Å². The molecule has 0 saturated heterocycles. The summed E-state index contributed by atoms with van der Waals surface area (Å²) in [6.45, 7) is 14.9. The van der Waals surface area contributed by atoms with Crippen molar-refractivity contribution in [3.05, 3.63) is 28.7 Å². The van der Waals surface area contributed by atoms with Gasteiger partial charge in [-0.25, -0.2) is 9.59 Å². The van der Waals surface area contributed by atoms with E-state index in [1.165, 1.54) is 14.0 Å². The summed E-state index contributed by atoms with van der Waals surface area (Å²) in [5.41, 5.74) is -3.49. The Balaban J connectivity index is 2.82. The number of halogens is 1. The molecule has 1 aliphatic rings. The molecule has 1 atom stereocenters. The summed E-state index contributed by atoms with van der Waals surface area (Å²) in [6.07, 6.45) is -2.34. The van der Waals surface area contributed by atoms with Crippen molar-refractivity contribution in [3.63, 3.8) is 0 Å². The van der Waals surface area contributed by atoms with Gasteiger partial charge in [-0.1, -0.05) is 34.9 Å². The predicted octanol–water partition coefficient (Wildman–Crippen LogP) is 5.67. The van der Waals surface area contributed by atoms with E-state index in [2.05, 4.69) is 26.2 Å². The minimum atomic E-state index is -2.13. The third kappa shape index (κ3) is 6.79. The van der Waals surface area contributed by atoms with E-state index in [-0.39, 0.29) is 11.4 Å². The molecule has 1 aromatic carbocycles. The zero-order valence-corrected chi connectivity index (χ0v) is 24.5. The molecule has 0 aliphatic carbocycles. The summed E-state index contributed by atoms with van der Waals surface area (Å²) in [5, 5.41) is 10.2. The van der Waals surface area contributed by atoms with Crippen molar-refractivity contribution in [1.82, 2.24) is 5.06 Å². The van der Waals surface area contributed by atoms with Crippen LogP contribution >= 0.6 is 15.9 Å². The van der Waals surface area contributed by atoms with E-state index in [0.717, 1.165) is 9.48 Å². The number of hydrazone groups is 1. The van der Waals surface area contributed by atoms with Crippen LogP contribution in [0.4, 0.5) is 15.3 Å². The van der Waals surface area contributed by atoms with Gasteiger partial charge >= 0.3 is 12.2 Å². The maximum atomic E-state index is 14.3. The van der Waals surface area contributed by atoms with Crippen molar-refractivity contribution >= 4 is 51.2 Å². The highest BCUT2D eigenvalue weighted by molar-refractivity contribution is 9.10. The second-order valence-corrected chi connectivity index (χ2v) is 11.5. The minimum absolute atomic E-state index is 0.0125. The van der Waals surface area contributed by atoms with Crippen molar-refractivity contribution in [1.29, 1.82) is 0 Å². The zero-order chi connectivity index (χ0) is 28.3. The molecule has 1 unspecified atom stereocenters. The van der Waals surface area contributed by atoms with Crippen LogP contribution in [0.25, 0.3) is 0 Å². The Labute approximate surface area is 225 Å². The van der Waals surface area contributed by atoms with Crippen LogP contribution in [0.3, 0.4) is 0 Å². The Morgan fingerprint density at radius 1 is 1.05 bits per heavy atom. The highest BCUT2D eigenvalue weighted by atomic mass is 79.9. The molecule has 0 radical (unpaired) electrons. The van der Waals surface area contributed by atoms with Gasteiger partial charge in [-0.3, -0.25) is 9.63 Å². The number of anilines is 1. The molecule has 11 nitrogen and oxygen atoms in total. The molecule has 2 rings (SSSR count). The Morgan fingerprint density at radius 3 is 2.05 bits per heavy atom. The Bertz CT molecular complexity index is 1090. The first-order valence-electron chi connectivity index (χ1n) is 11.7. The number of hydrogen-bond donors (Lipinski definition) is 0. The summed E-state index contributed by atoms with van der Waals surface area (Å²) in [4.78, 5) is 51.2. The average molecular weight is 583 g/mol. The third-order valence-electron chi connectivity index (χ3n) is 4.87. The topological polar surface area (TPSA) is 119 Å². The van der Waals surface area contributed by atoms with Gasteiger partial charge in [0.05, 0.1) is 17.1 Å². The van der Waals surface area contributed by atoms with Crippen LogP contribution in [-0.2, 0) is 23.9 Å². The van der Waals surface area contributed by atoms with Crippen LogP contribution < -0.4 is 5.01 Å². The second-order valence-electron chi connectivity index (χ2n) is 10.6. The van der Waals surface area contributed by atoms with E-state index in [0.29, 0.717) is 10.8 Å². The molecule has 0 aromatic heterocycles. The number of hydrogen-bond acceptors (Lipinski definition) is 9. The number of hydroxylamine groups is 2. The normalized spacial score (nSPS) is 18.5. The molecular weight excluding hydrogens is 548 g/mol. The lowest BCUT2D eigenvalue weighted by atomic mass is 9.82. The lowest BCUT2D eigenvalue weighted by Gasteiger charge is -2.38. The number of rotatable bonds is 5. The van der Waals surface area contributed by atoms with E-state index >= 15 is 0 Å². The van der Waals surface area contributed by atoms with Gasteiger partial charge in [-0.2, -0.15) is 10.1 Å². The van der Waals surface area contributed by atoms with E-state index in [1.807, 2.05) is 0 Å². The molecule has 37 heavy (non-hydrogen) atoms. The van der Waals surface area contributed by atoms with Crippen molar-refractivity contribution in [3.8, 4) is 0 Å². The fourth-order valence-electron chi connectivity index (χ4n) is 3.55. The van der Waals surface area contributed by atoms with Gasteiger partial charge < -0.3 is 14.3 Å². The first kappa shape index (κ1) is 30.1. The lowest BCUT2D eigenvalue weighted by molar-refractivity contribution is -0.164. The molecule has 1 aliphatic heterocycles. The Hall–Kier alpha value is -3.15. The van der Waals surface area contributed by atoms with E-state index < -0.39 is 40.8 Å². The van der Waals surface area contributed by atoms with E-state index in [1.54, 1.807) is 79.7 Å². The van der Waals surface area contributed by atoms with Gasteiger partial charge in [0.15, 0.2) is 0 Å². The van der Waals surface area contributed by atoms with Crippen molar-refractivity contribution in [2.24, 2.45) is 16.2 Å². The fraction of sp³-hybridized carbons (Fsp3) is 0.560. The molecule has 1 heterocycles. The van der Waals surface area contributed by atoms with Crippen molar-refractivity contribution < 1.29 is 33.5 Å². The first-order chi connectivity index (χ1) is 16.9. The zero-order valence-electron chi connectivity index (χ0n) is 22.9. The monoisotopic (exact) mass is 582 g/mol. The summed E-state index contributed by atoms with van der Waals surface area (Å²) in [6, 6.07) is 6.84. The largest absolute Gasteiger partial charge is 0.534 e. The maximum absolute atomic E-state index is 14.3. The maximum Gasteiger partial charge on any atom is 0.534 e. The highest BCUT2D eigenvalue weighted by Gasteiger charge is 2.64. The van der Waals surface area contributed by atoms with Crippen LogP contribution in [0.15, 0.2) is 39.0 Å². The van der Waals surface area contributed by atoms with Gasteiger partial charge in [0.25, 0.3) is 5.91 Å². The fourth-order valence-corrected chi connectivity index (χ4v) is 3.81. The van der Waals surface area contributed by atoms with Gasteiger partial charge in [0.2, 0.25) is 5.54 Å². The molecule has 12 heteroatoms. The molecule has 0 bridgehead atoms. The lowest BCUT2D eigenvalue weighted by Crippen LogP contribution is -2.67. The Morgan fingerprint density at radius 2 is 1.59 bits per heavy atom. The molecule has 1 aromatic rings. The van der Waals surface area contributed by atoms with E-state index in [9.17, 15) is 14.4 Å². The molecule has 0 N–H and O–H groups in total. The van der Waals surface area contributed by atoms with Crippen molar-refractivity contribution in [2.75, 3.05) is 12.1 Å². The molecule has 0 fully saturated rings. The van der Waals surface area contributed by atoms with Gasteiger partial charge in [-0.05, 0) is 78.6 Å². The number of nitrogens with zero attached hydrogens (tertiary/aromatic N) is 4. The number of carbonyl (C=O) groups excluding carboxylic acids is 3. The number of oxime groups is 1. The predicted molar refractivity (Wildman–Crippen MR) is 142 cm³/mol. The number of carbonyl (C=O) groups is 3. The van der Waals surface area contributed by atoms with Gasteiger partial charge in [0, 0.05) is 4.47 Å². The summed E-state index contributed by atoms with van der Waals surface area (Å²) in [5.74, 6) is -1.15. The van der Waals surface area contributed by atoms with Crippen LogP contribution in [0.2, 0.25) is 0 Å². The number of ether oxygens (including phenoxy) is 2. The first-order valence-corrected chi connectivity index (χ1v) is 12.4. The number of benzene rings is 1.